The summed E-state index contributed by atoms with van der Waals surface area (Å²) in [5.74, 6) is -4.05. The van der Waals surface area contributed by atoms with Crippen LogP contribution in [0.2, 0.25) is 0 Å². The first-order valence-corrected chi connectivity index (χ1v) is 12.9. The van der Waals surface area contributed by atoms with E-state index in [2.05, 4.69) is 13.5 Å². The van der Waals surface area contributed by atoms with Crippen LogP contribution in [-0.2, 0) is 38.2 Å². The number of carboxylic acids is 2. The fourth-order valence-electron chi connectivity index (χ4n) is 6.30. The normalized spacial score (nSPS) is 30.8. The van der Waals surface area contributed by atoms with Gasteiger partial charge in [-0.05, 0) is 43.1 Å². The molecule has 208 valence electrons. The molecule has 2 saturated carbocycles. The lowest BCUT2D eigenvalue weighted by Gasteiger charge is -2.59. The lowest BCUT2D eigenvalue weighted by atomic mass is 9.46. The molecule has 0 amide bonds. The van der Waals surface area contributed by atoms with Crippen molar-refractivity contribution >= 4 is 29.8 Å². The van der Waals surface area contributed by atoms with Crippen LogP contribution in [0.1, 0.15) is 65.2 Å². The lowest BCUT2D eigenvalue weighted by molar-refractivity contribution is -0.192. The number of ether oxygens (including phenoxy) is 3. The van der Waals surface area contributed by atoms with Crippen LogP contribution in [0, 0.1) is 22.7 Å². The van der Waals surface area contributed by atoms with E-state index < -0.39 is 35.4 Å². The van der Waals surface area contributed by atoms with Gasteiger partial charge in [-0.3, -0.25) is 19.2 Å². The number of hydrogen-bond acceptors (Lipinski definition) is 8. The Hall–Kier alpha value is -3.43. The standard InChI is InChI=1S/C28H36O10/c1-17-4-7-20-27(2,19(17)6-5-18-13-15-36-26(18)35)14-12-21(38-25(34)11-9-23(31)32)28(20,3)16-37-24(33)10-8-22(29)30/h5-6,13,19-21H,1,4,7-12,14-16H2,2-3H3,(H,29,30)(H,31,32)/t19-,20+,21?,27+,28+/m1/s1. The Labute approximate surface area is 221 Å². The minimum atomic E-state index is -1.11. The lowest BCUT2D eigenvalue weighted by Crippen LogP contribution is -2.58. The van der Waals surface area contributed by atoms with E-state index in [-0.39, 0.29) is 62.1 Å². The van der Waals surface area contributed by atoms with E-state index in [0.717, 1.165) is 5.57 Å². The Kier molecular flexibility index (Phi) is 9.17. The number of carbonyl (C=O) groups excluding carboxylic acids is 3. The highest BCUT2D eigenvalue weighted by Gasteiger charge is 2.59. The zero-order valence-corrected chi connectivity index (χ0v) is 21.9. The topological polar surface area (TPSA) is 154 Å². The number of allylic oxidation sites excluding steroid dienone is 2. The predicted molar refractivity (Wildman–Crippen MR) is 134 cm³/mol. The first-order chi connectivity index (χ1) is 17.9. The first-order valence-electron chi connectivity index (χ1n) is 12.9. The van der Waals surface area contributed by atoms with Crippen molar-refractivity contribution in [1.29, 1.82) is 0 Å². The molecule has 0 saturated heterocycles. The van der Waals surface area contributed by atoms with Gasteiger partial charge in [0.25, 0.3) is 0 Å². The number of carbonyl (C=O) groups is 5. The summed E-state index contributed by atoms with van der Waals surface area (Å²) < 4.78 is 16.4. The van der Waals surface area contributed by atoms with Crippen molar-refractivity contribution in [3.05, 3.63) is 36.0 Å². The average Bonchev–Trinajstić information content (AvgIpc) is 3.26. The van der Waals surface area contributed by atoms with Crippen molar-refractivity contribution in [3.8, 4) is 0 Å². The molecule has 3 aliphatic rings. The molecule has 10 heteroatoms. The summed E-state index contributed by atoms with van der Waals surface area (Å²) in [7, 11) is 0. The zero-order chi connectivity index (χ0) is 28.1. The smallest absolute Gasteiger partial charge is 0.338 e. The number of aliphatic carboxylic acids is 2. The Balaban J connectivity index is 1.88. The van der Waals surface area contributed by atoms with Crippen molar-refractivity contribution in [1.82, 2.24) is 0 Å². The van der Waals surface area contributed by atoms with E-state index in [0.29, 0.717) is 31.3 Å². The quantitative estimate of drug-likeness (QED) is 0.229. The molecule has 2 N–H and O–H groups in total. The van der Waals surface area contributed by atoms with Crippen LogP contribution in [0.3, 0.4) is 0 Å². The molecule has 0 aromatic carbocycles. The third kappa shape index (κ3) is 6.52. The second kappa shape index (κ2) is 12.0. The number of cyclic esters (lactones) is 1. The van der Waals surface area contributed by atoms with Gasteiger partial charge in [-0.25, -0.2) is 4.79 Å². The Morgan fingerprint density at radius 2 is 1.74 bits per heavy atom. The van der Waals surface area contributed by atoms with Crippen LogP contribution in [0.4, 0.5) is 0 Å². The maximum atomic E-state index is 12.5. The summed E-state index contributed by atoms with van der Waals surface area (Å²) in [6, 6.07) is 0. The molecule has 0 bridgehead atoms. The van der Waals surface area contributed by atoms with Gasteiger partial charge in [-0.15, -0.1) is 0 Å². The molecule has 1 unspecified atom stereocenters. The van der Waals surface area contributed by atoms with Gasteiger partial charge in [0.15, 0.2) is 0 Å². The van der Waals surface area contributed by atoms with E-state index in [9.17, 15) is 24.0 Å². The number of esters is 3. The van der Waals surface area contributed by atoms with Crippen LogP contribution in [0.15, 0.2) is 36.0 Å². The molecule has 0 aromatic heterocycles. The highest BCUT2D eigenvalue weighted by atomic mass is 16.6. The number of rotatable bonds is 11. The van der Waals surface area contributed by atoms with Gasteiger partial charge in [-0.1, -0.05) is 38.2 Å². The minimum absolute atomic E-state index is 0.0804. The van der Waals surface area contributed by atoms with Crippen molar-refractivity contribution in [2.75, 3.05) is 13.2 Å². The third-order valence-electron chi connectivity index (χ3n) is 8.30. The highest BCUT2D eigenvalue weighted by molar-refractivity contribution is 5.93. The molecule has 0 radical (unpaired) electrons. The zero-order valence-electron chi connectivity index (χ0n) is 21.9. The average molecular weight is 533 g/mol. The summed E-state index contributed by atoms with van der Waals surface area (Å²) in [4.78, 5) is 58.6. The van der Waals surface area contributed by atoms with Gasteiger partial charge in [0.1, 0.15) is 19.3 Å². The first kappa shape index (κ1) is 29.1. The molecular formula is C28H36O10. The molecule has 2 fully saturated rings. The van der Waals surface area contributed by atoms with E-state index >= 15 is 0 Å². The molecule has 0 aromatic rings. The molecule has 38 heavy (non-hydrogen) atoms. The molecule has 0 spiro atoms. The Morgan fingerprint density at radius 3 is 2.34 bits per heavy atom. The highest BCUT2D eigenvalue weighted by Crippen LogP contribution is 2.62. The fraction of sp³-hybridized carbons (Fsp3) is 0.607. The summed E-state index contributed by atoms with van der Waals surface area (Å²) in [6.45, 7) is 8.49. The molecule has 1 heterocycles. The van der Waals surface area contributed by atoms with Crippen LogP contribution >= 0.6 is 0 Å². The van der Waals surface area contributed by atoms with Crippen molar-refractivity contribution in [2.45, 2.75) is 71.3 Å². The predicted octanol–water partition coefficient (Wildman–Crippen LogP) is 3.60. The number of fused-ring (bicyclic) bond motifs is 1. The fourth-order valence-corrected chi connectivity index (χ4v) is 6.30. The van der Waals surface area contributed by atoms with Gasteiger partial charge in [-0.2, -0.15) is 0 Å². The van der Waals surface area contributed by atoms with Gasteiger partial charge in [0.2, 0.25) is 0 Å². The van der Waals surface area contributed by atoms with Crippen LogP contribution < -0.4 is 0 Å². The van der Waals surface area contributed by atoms with Crippen molar-refractivity contribution in [3.63, 3.8) is 0 Å². The van der Waals surface area contributed by atoms with Gasteiger partial charge in [0.05, 0.1) is 31.3 Å². The molecule has 3 rings (SSSR count). The van der Waals surface area contributed by atoms with E-state index in [1.807, 2.05) is 13.0 Å². The molecule has 1 aliphatic heterocycles. The molecular weight excluding hydrogens is 496 g/mol. The SMILES string of the molecule is C=C1CC[C@H]2[C@@](C)(CCC(OC(=O)CCC(=O)O)[C@@]2(C)COC(=O)CCC(=O)O)[C@@H]1C=CC1=CCOC1=O. The second-order valence-corrected chi connectivity index (χ2v) is 10.8. The van der Waals surface area contributed by atoms with Crippen molar-refractivity contribution in [2.24, 2.45) is 22.7 Å². The summed E-state index contributed by atoms with van der Waals surface area (Å²) in [5.41, 5.74) is 0.328. The number of carboxylic acid groups (broad SMARTS) is 2. The maximum absolute atomic E-state index is 12.5. The summed E-state index contributed by atoms with van der Waals surface area (Å²) in [5, 5.41) is 17.8. The second-order valence-electron chi connectivity index (χ2n) is 10.8. The van der Waals surface area contributed by atoms with Gasteiger partial charge >= 0.3 is 29.8 Å². The van der Waals surface area contributed by atoms with Gasteiger partial charge in [0, 0.05) is 11.3 Å². The Bertz CT molecular complexity index is 1060. The van der Waals surface area contributed by atoms with E-state index in [1.54, 1.807) is 12.2 Å². The van der Waals surface area contributed by atoms with Crippen molar-refractivity contribution < 1.29 is 48.4 Å². The minimum Gasteiger partial charge on any atom is -0.481 e. The summed E-state index contributed by atoms with van der Waals surface area (Å²) in [6.07, 6.45) is 6.10. The third-order valence-corrected chi connectivity index (χ3v) is 8.30. The monoisotopic (exact) mass is 532 g/mol. The molecule has 10 nitrogen and oxygen atoms in total. The maximum Gasteiger partial charge on any atom is 0.338 e. The van der Waals surface area contributed by atoms with Crippen LogP contribution in [-0.4, -0.2) is 59.4 Å². The largest absolute Gasteiger partial charge is 0.481 e. The van der Waals surface area contributed by atoms with Crippen LogP contribution in [0.5, 0.6) is 0 Å². The van der Waals surface area contributed by atoms with E-state index in [4.69, 9.17) is 24.4 Å². The van der Waals surface area contributed by atoms with Gasteiger partial charge < -0.3 is 24.4 Å². The molecule has 2 aliphatic carbocycles. The number of hydrogen-bond donors (Lipinski definition) is 2. The van der Waals surface area contributed by atoms with E-state index in [1.165, 1.54) is 0 Å². The van der Waals surface area contributed by atoms with Crippen LogP contribution in [0.25, 0.3) is 0 Å². The summed E-state index contributed by atoms with van der Waals surface area (Å²) >= 11 is 0. The Morgan fingerprint density at radius 1 is 1.08 bits per heavy atom. The molecule has 5 atom stereocenters.